The Hall–Kier alpha value is -0.780. The van der Waals surface area contributed by atoms with E-state index in [1.54, 1.807) is 7.11 Å². The molecule has 0 unspecified atom stereocenters. The fourth-order valence-corrected chi connectivity index (χ4v) is 4.16. The van der Waals surface area contributed by atoms with E-state index >= 15 is 0 Å². The highest BCUT2D eigenvalue weighted by Crippen LogP contribution is 2.39. The van der Waals surface area contributed by atoms with Crippen molar-refractivity contribution in [1.29, 1.82) is 0 Å². The van der Waals surface area contributed by atoms with E-state index in [1.165, 1.54) is 12.8 Å². The minimum Gasteiger partial charge on any atom is -0.496 e. The summed E-state index contributed by atoms with van der Waals surface area (Å²) in [6, 6.07) is 5.55. The summed E-state index contributed by atoms with van der Waals surface area (Å²) in [4.78, 5) is 14.7. The number of likely N-dealkylation sites (tertiary alicyclic amines) is 1. The summed E-state index contributed by atoms with van der Waals surface area (Å²) in [6.45, 7) is 4.00. The van der Waals surface area contributed by atoms with Crippen LogP contribution < -0.4 is 10.1 Å². The topological polar surface area (TPSA) is 41.6 Å². The lowest BCUT2D eigenvalue weighted by atomic mass is 9.71. The molecule has 0 aliphatic carbocycles. The van der Waals surface area contributed by atoms with Gasteiger partial charge in [-0.1, -0.05) is 0 Å². The number of methoxy groups -OCH3 is 1. The van der Waals surface area contributed by atoms with Crippen molar-refractivity contribution >= 4 is 34.2 Å². The number of piperidine rings is 2. The molecule has 2 heterocycles. The van der Waals surface area contributed by atoms with Gasteiger partial charge < -0.3 is 15.0 Å². The molecule has 4 nitrogen and oxygen atoms in total. The maximum Gasteiger partial charge on any atom is 0.253 e. The van der Waals surface area contributed by atoms with Gasteiger partial charge in [0.15, 0.2) is 0 Å². The highest BCUT2D eigenvalue weighted by molar-refractivity contribution is 9.10. The third kappa shape index (κ3) is 4.01. The number of nitrogens with zero attached hydrogens (tertiary/aromatic N) is 1. The number of hydrogen-bond acceptors (Lipinski definition) is 3. The van der Waals surface area contributed by atoms with E-state index in [0.717, 1.165) is 54.8 Å². The molecule has 2 saturated heterocycles. The molecule has 0 atom stereocenters. The first-order chi connectivity index (χ1) is 10.6. The lowest BCUT2D eigenvalue weighted by molar-refractivity contribution is 0.0495. The summed E-state index contributed by atoms with van der Waals surface area (Å²) in [5.41, 5.74) is 1.21. The molecule has 1 aromatic rings. The third-order valence-electron chi connectivity index (χ3n) is 5.17. The quantitative estimate of drug-likeness (QED) is 0.822. The molecule has 1 amide bonds. The van der Waals surface area contributed by atoms with Gasteiger partial charge in [0.1, 0.15) is 5.75 Å². The first-order valence-electron chi connectivity index (χ1n) is 7.97. The average Bonchev–Trinajstić information content (AvgIpc) is 2.55. The van der Waals surface area contributed by atoms with Crippen molar-refractivity contribution in [2.45, 2.75) is 25.7 Å². The first kappa shape index (κ1) is 18.6. The van der Waals surface area contributed by atoms with Crippen LogP contribution in [0.25, 0.3) is 0 Å². The number of hydrogen-bond donors (Lipinski definition) is 1. The number of carbonyl (C=O) groups is 1. The molecule has 6 heteroatoms. The van der Waals surface area contributed by atoms with E-state index in [1.807, 2.05) is 23.1 Å². The standard InChI is InChI=1S/C17H23BrN2O2.ClH/c1-22-15-3-2-13(12-14(15)18)16(21)20-10-6-17(7-11-20)4-8-19-9-5-17;/h2-3,12,19H,4-11H2,1H3;1H. The molecule has 23 heavy (non-hydrogen) atoms. The Labute approximate surface area is 152 Å². The van der Waals surface area contributed by atoms with Crippen LogP contribution in [0.3, 0.4) is 0 Å². The first-order valence-corrected chi connectivity index (χ1v) is 8.76. The van der Waals surface area contributed by atoms with Gasteiger partial charge in [0.25, 0.3) is 5.91 Å². The zero-order valence-corrected chi connectivity index (χ0v) is 15.8. The number of nitrogens with one attached hydrogen (secondary N) is 1. The number of amides is 1. The van der Waals surface area contributed by atoms with Crippen molar-refractivity contribution in [1.82, 2.24) is 10.2 Å². The summed E-state index contributed by atoms with van der Waals surface area (Å²) in [6.07, 6.45) is 4.78. The maximum atomic E-state index is 12.7. The van der Waals surface area contributed by atoms with E-state index < -0.39 is 0 Å². The second kappa shape index (κ2) is 7.86. The molecule has 0 aromatic heterocycles. The Morgan fingerprint density at radius 3 is 2.43 bits per heavy atom. The highest BCUT2D eigenvalue weighted by atomic mass is 79.9. The molecule has 2 fully saturated rings. The van der Waals surface area contributed by atoms with Gasteiger partial charge >= 0.3 is 0 Å². The van der Waals surface area contributed by atoms with Crippen LogP contribution in [0.4, 0.5) is 0 Å². The van der Waals surface area contributed by atoms with Crippen LogP contribution in [0.5, 0.6) is 5.75 Å². The second-order valence-corrected chi connectivity index (χ2v) is 7.25. The van der Waals surface area contributed by atoms with Crippen molar-refractivity contribution in [3.8, 4) is 5.75 Å². The van der Waals surface area contributed by atoms with E-state index in [4.69, 9.17) is 4.74 Å². The fraction of sp³-hybridized carbons (Fsp3) is 0.588. The maximum absolute atomic E-state index is 12.7. The van der Waals surface area contributed by atoms with Gasteiger partial charge in [0.2, 0.25) is 0 Å². The van der Waals surface area contributed by atoms with Gasteiger partial charge in [0.05, 0.1) is 11.6 Å². The van der Waals surface area contributed by atoms with Crippen LogP contribution in [0.1, 0.15) is 36.0 Å². The Balaban J connectivity index is 0.00000192. The number of rotatable bonds is 2. The molecule has 2 aliphatic heterocycles. The van der Waals surface area contributed by atoms with Gasteiger partial charge in [-0.3, -0.25) is 4.79 Å². The van der Waals surface area contributed by atoms with Crippen LogP contribution in [0.15, 0.2) is 22.7 Å². The highest BCUT2D eigenvalue weighted by Gasteiger charge is 2.36. The summed E-state index contributed by atoms with van der Waals surface area (Å²) in [5.74, 6) is 0.885. The number of ether oxygens (including phenoxy) is 1. The van der Waals surface area contributed by atoms with Crippen molar-refractivity contribution in [3.63, 3.8) is 0 Å². The summed E-state index contributed by atoms with van der Waals surface area (Å²) >= 11 is 3.45. The van der Waals surface area contributed by atoms with Gasteiger partial charge in [-0.2, -0.15) is 0 Å². The smallest absolute Gasteiger partial charge is 0.253 e. The lowest BCUT2D eigenvalue weighted by Crippen LogP contribution is -2.47. The van der Waals surface area contributed by atoms with E-state index in [2.05, 4.69) is 21.2 Å². The number of halogens is 2. The normalized spacial score (nSPS) is 20.0. The van der Waals surface area contributed by atoms with E-state index in [0.29, 0.717) is 5.41 Å². The molecule has 128 valence electrons. The zero-order chi connectivity index (χ0) is 15.6. The summed E-state index contributed by atoms with van der Waals surface area (Å²) in [7, 11) is 1.63. The Morgan fingerprint density at radius 1 is 1.22 bits per heavy atom. The van der Waals surface area contributed by atoms with Crippen LogP contribution in [0, 0.1) is 5.41 Å². The molecule has 0 bridgehead atoms. The summed E-state index contributed by atoms with van der Waals surface area (Å²) in [5, 5.41) is 3.44. The van der Waals surface area contributed by atoms with Crippen LogP contribution in [-0.2, 0) is 0 Å². The van der Waals surface area contributed by atoms with Crippen molar-refractivity contribution in [2.75, 3.05) is 33.3 Å². The molecule has 3 rings (SSSR count). The monoisotopic (exact) mass is 402 g/mol. The van der Waals surface area contributed by atoms with Crippen LogP contribution in [-0.4, -0.2) is 44.1 Å². The largest absolute Gasteiger partial charge is 0.496 e. The SMILES string of the molecule is COc1ccc(C(=O)N2CCC3(CCNCC3)CC2)cc1Br.Cl. The minimum atomic E-state index is 0. The van der Waals surface area contributed by atoms with E-state index in [-0.39, 0.29) is 18.3 Å². The van der Waals surface area contributed by atoms with Crippen molar-refractivity contribution in [2.24, 2.45) is 5.41 Å². The third-order valence-corrected chi connectivity index (χ3v) is 5.79. The molecule has 2 aliphatic rings. The molecular formula is C17H24BrClN2O2. The molecule has 1 N–H and O–H groups in total. The van der Waals surface area contributed by atoms with Gasteiger partial charge in [0, 0.05) is 18.7 Å². The zero-order valence-electron chi connectivity index (χ0n) is 13.4. The molecule has 0 radical (unpaired) electrons. The van der Waals surface area contributed by atoms with Crippen LogP contribution in [0.2, 0.25) is 0 Å². The molecule has 0 saturated carbocycles. The fourth-order valence-electron chi connectivity index (χ4n) is 3.62. The predicted molar refractivity (Wildman–Crippen MR) is 97.6 cm³/mol. The van der Waals surface area contributed by atoms with Crippen molar-refractivity contribution in [3.05, 3.63) is 28.2 Å². The number of benzene rings is 1. The lowest BCUT2D eigenvalue weighted by Gasteiger charge is -2.44. The molecule has 1 aromatic carbocycles. The van der Waals surface area contributed by atoms with Gasteiger partial charge in [-0.25, -0.2) is 0 Å². The van der Waals surface area contributed by atoms with Gasteiger partial charge in [-0.05, 0) is 78.3 Å². The molecule has 1 spiro atoms. The van der Waals surface area contributed by atoms with Crippen LogP contribution >= 0.6 is 28.3 Å². The Kier molecular flexibility index (Phi) is 6.34. The number of carbonyl (C=O) groups excluding carboxylic acids is 1. The van der Waals surface area contributed by atoms with Crippen molar-refractivity contribution < 1.29 is 9.53 Å². The second-order valence-electron chi connectivity index (χ2n) is 6.39. The summed E-state index contributed by atoms with van der Waals surface area (Å²) < 4.78 is 6.05. The Bertz CT molecular complexity index is 552. The Morgan fingerprint density at radius 2 is 1.87 bits per heavy atom. The molecular weight excluding hydrogens is 380 g/mol. The predicted octanol–water partition coefficient (Wildman–Crippen LogP) is 3.49. The average molecular weight is 404 g/mol. The minimum absolute atomic E-state index is 0. The van der Waals surface area contributed by atoms with E-state index in [9.17, 15) is 4.79 Å². The van der Waals surface area contributed by atoms with Gasteiger partial charge in [-0.15, -0.1) is 12.4 Å².